The van der Waals surface area contributed by atoms with Crippen LogP contribution in [0.15, 0.2) is 24.3 Å². The van der Waals surface area contributed by atoms with Crippen LogP contribution in [0.1, 0.15) is 0 Å². The Balaban J connectivity index is 4.63. The van der Waals surface area contributed by atoms with E-state index in [1.54, 1.807) is 0 Å². The van der Waals surface area contributed by atoms with Gasteiger partial charge in [0.1, 0.15) is 0 Å². The van der Waals surface area contributed by atoms with Crippen LogP contribution in [0.3, 0.4) is 0 Å². The molecule has 0 rings (SSSR count). The summed E-state index contributed by atoms with van der Waals surface area (Å²) in [6, 6.07) is 0. The third-order valence-corrected chi connectivity index (χ3v) is 0.638. The van der Waals surface area contributed by atoms with Crippen molar-refractivity contribution in [3.05, 3.63) is 24.3 Å². The van der Waals surface area contributed by atoms with Gasteiger partial charge < -0.3 is 0 Å². The summed E-state index contributed by atoms with van der Waals surface area (Å²) in [7, 11) is 0. The van der Waals surface area contributed by atoms with Crippen LogP contribution in [0.25, 0.3) is 0 Å². The first-order valence-electron chi connectivity index (χ1n) is 2.14. The van der Waals surface area contributed by atoms with Gasteiger partial charge in [-0.25, -0.2) is 4.39 Å². The van der Waals surface area contributed by atoms with Gasteiger partial charge in [0.2, 0.25) is 5.83 Å². The van der Waals surface area contributed by atoms with E-state index in [9.17, 15) is 22.0 Å². The Hall–Kier alpha value is -0.870. The van der Waals surface area contributed by atoms with E-state index in [2.05, 4.69) is 6.58 Å². The molecule has 0 N–H and O–H groups in total. The highest BCUT2D eigenvalue weighted by molar-refractivity contribution is 5.15. The van der Waals surface area contributed by atoms with E-state index in [1.807, 2.05) is 0 Å². The van der Waals surface area contributed by atoms with Gasteiger partial charge in [0.15, 0.2) is 5.83 Å². The van der Waals surface area contributed by atoms with Crippen molar-refractivity contribution in [3.63, 3.8) is 0 Å². The second kappa shape index (κ2) is 2.81. The molecule has 0 heterocycles. The van der Waals surface area contributed by atoms with Gasteiger partial charge >= 0.3 is 6.18 Å². The summed E-state index contributed by atoms with van der Waals surface area (Å²) in [4.78, 5) is 0. The number of alkyl halides is 3. The van der Waals surface area contributed by atoms with Crippen LogP contribution in [0, 0.1) is 0 Å². The molecule has 0 nitrogen and oxygen atoms in total. The van der Waals surface area contributed by atoms with Gasteiger partial charge in [-0.05, 0) is 6.08 Å². The first kappa shape index (κ1) is 9.13. The van der Waals surface area contributed by atoms with E-state index >= 15 is 0 Å². The lowest BCUT2D eigenvalue weighted by Crippen LogP contribution is -2.08. The normalized spacial score (nSPS) is 14.5. The van der Waals surface area contributed by atoms with E-state index in [0.717, 1.165) is 0 Å². The summed E-state index contributed by atoms with van der Waals surface area (Å²) in [5.74, 6) is -4.74. The minimum atomic E-state index is -5.25. The lowest BCUT2D eigenvalue weighted by Gasteiger charge is -2.01. The van der Waals surface area contributed by atoms with Gasteiger partial charge in [-0.15, -0.1) is 0 Å². The third kappa shape index (κ3) is 2.16. The van der Waals surface area contributed by atoms with Crippen molar-refractivity contribution in [1.29, 1.82) is 0 Å². The van der Waals surface area contributed by atoms with Gasteiger partial charge in [0, 0.05) is 0 Å². The van der Waals surface area contributed by atoms with Gasteiger partial charge in [-0.2, -0.15) is 17.6 Å². The monoisotopic (exact) mass is 158 g/mol. The van der Waals surface area contributed by atoms with E-state index in [4.69, 9.17) is 0 Å². The molecule has 0 aromatic heterocycles. The van der Waals surface area contributed by atoms with E-state index < -0.39 is 17.8 Å². The third-order valence-electron chi connectivity index (χ3n) is 0.638. The van der Waals surface area contributed by atoms with Crippen molar-refractivity contribution in [2.75, 3.05) is 0 Å². The van der Waals surface area contributed by atoms with Gasteiger partial charge in [0.05, 0.1) is 0 Å². The maximum Gasteiger partial charge on any atom is 0.445 e. The minimum Gasteiger partial charge on any atom is -0.204 e. The Morgan fingerprint density at radius 2 is 1.60 bits per heavy atom. The standard InChI is InChI=1S/C5H3F5/c1-2-3(6)4(7)5(8,9)10/h2H,1H2/b4-3+. The van der Waals surface area contributed by atoms with Gasteiger partial charge in [0.25, 0.3) is 0 Å². The molecule has 0 unspecified atom stereocenters. The average Bonchev–Trinajstić information content (AvgIpc) is 1.83. The predicted molar refractivity (Wildman–Crippen MR) is 25.5 cm³/mol. The zero-order valence-electron chi connectivity index (χ0n) is 4.67. The molecule has 0 aliphatic carbocycles. The summed E-state index contributed by atoms with van der Waals surface area (Å²) in [6.45, 7) is 2.62. The van der Waals surface area contributed by atoms with E-state index in [0.29, 0.717) is 0 Å². The molecule has 0 fully saturated rings. The minimum absolute atomic E-state index is 0.156. The molecule has 0 bridgehead atoms. The van der Waals surface area contributed by atoms with Crippen LogP contribution in [0.4, 0.5) is 22.0 Å². The largest absolute Gasteiger partial charge is 0.445 e. The number of halogens is 5. The fourth-order valence-electron chi connectivity index (χ4n) is 0.225. The SMILES string of the molecule is C=C/C(F)=C(\F)C(F)(F)F. The average molecular weight is 158 g/mol. The summed E-state index contributed by atoms with van der Waals surface area (Å²) < 4.78 is 56.8. The fourth-order valence-corrected chi connectivity index (χ4v) is 0.225. The fraction of sp³-hybridized carbons (Fsp3) is 0.200. The van der Waals surface area contributed by atoms with Crippen molar-refractivity contribution < 1.29 is 22.0 Å². The van der Waals surface area contributed by atoms with E-state index in [1.165, 1.54) is 0 Å². The van der Waals surface area contributed by atoms with Crippen LogP contribution in [-0.4, -0.2) is 6.18 Å². The molecular weight excluding hydrogens is 155 g/mol. The number of hydrogen-bond donors (Lipinski definition) is 0. The molecule has 0 saturated carbocycles. The zero-order valence-corrected chi connectivity index (χ0v) is 4.67. The van der Waals surface area contributed by atoms with Gasteiger partial charge in [-0.3, -0.25) is 0 Å². The number of rotatable bonds is 1. The summed E-state index contributed by atoms with van der Waals surface area (Å²) in [5, 5.41) is 0. The lowest BCUT2D eigenvalue weighted by molar-refractivity contribution is -0.110. The molecule has 0 atom stereocenters. The molecule has 58 valence electrons. The summed E-state index contributed by atoms with van der Waals surface area (Å²) >= 11 is 0. The molecule has 0 saturated heterocycles. The molecule has 10 heavy (non-hydrogen) atoms. The molecule has 0 aromatic rings. The first-order valence-corrected chi connectivity index (χ1v) is 2.14. The topological polar surface area (TPSA) is 0 Å². The zero-order chi connectivity index (χ0) is 8.36. The Bertz CT molecular complexity index is 163. The highest BCUT2D eigenvalue weighted by atomic mass is 19.4. The predicted octanol–water partition coefficient (Wildman–Crippen LogP) is 2.89. The number of allylic oxidation sites excluding steroid dienone is 3. The smallest absolute Gasteiger partial charge is 0.204 e. The van der Waals surface area contributed by atoms with Crippen LogP contribution in [-0.2, 0) is 0 Å². The number of hydrogen-bond acceptors (Lipinski definition) is 0. The Morgan fingerprint density at radius 3 is 1.70 bits per heavy atom. The lowest BCUT2D eigenvalue weighted by atomic mass is 10.4. The van der Waals surface area contributed by atoms with Gasteiger partial charge in [-0.1, -0.05) is 6.58 Å². The van der Waals surface area contributed by atoms with Crippen molar-refractivity contribution in [3.8, 4) is 0 Å². The second-order valence-corrected chi connectivity index (χ2v) is 1.36. The first-order chi connectivity index (χ1) is 4.39. The molecule has 0 spiro atoms. The van der Waals surface area contributed by atoms with Crippen molar-refractivity contribution >= 4 is 0 Å². The van der Waals surface area contributed by atoms with Crippen molar-refractivity contribution in [2.24, 2.45) is 0 Å². The Labute approximate surface area is 53.6 Å². The second-order valence-electron chi connectivity index (χ2n) is 1.36. The molecule has 0 aliphatic heterocycles. The van der Waals surface area contributed by atoms with Crippen LogP contribution in [0.5, 0.6) is 0 Å². The molecule has 0 aliphatic rings. The quantitative estimate of drug-likeness (QED) is 0.406. The van der Waals surface area contributed by atoms with Crippen LogP contribution in [0.2, 0.25) is 0 Å². The molecular formula is C5H3F5. The van der Waals surface area contributed by atoms with E-state index in [-0.39, 0.29) is 6.08 Å². The summed E-state index contributed by atoms with van der Waals surface area (Å²) in [5.41, 5.74) is 0. The highest BCUT2D eigenvalue weighted by Crippen LogP contribution is 2.29. The molecule has 0 radical (unpaired) electrons. The van der Waals surface area contributed by atoms with Crippen LogP contribution >= 0.6 is 0 Å². The van der Waals surface area contributed by atoms with Crippen molar-refractivity contribution in [1.82, 2.24) is 0 Å². The Kier molecular flexibility index (Phi) is 2.56. The Morgan fingerprint density at radius 1 is 1.20 bits per heavy atom. The summed E-state index contributed by atoms with van der Waals surface area (Å²) in [6.07, 6.45) is -5.10. The van der Waals surface area contributed by atoms with Crippen molar-refractivity contribution in [2.45, 2.75) is 6.18 Å². The molecule has 0 amide bonds. The highest BCUT2D eigenvalue weighted by Gasteiger charge is 2.37. The maximum atomic E-state index is 11.7. The maximum absolute atomic E-state index is 11.7. The van der Waals surface area contributed by atoms with Crippen LogP contribution < -0.4 is 0 Å². The molecule has 5 heteroatoms. The molecule has 0 aromatic carbocycles.